The van der Waals surface area contributed by atoms with Gasteiger partial charge in [-0.3, -0.25) is 4.79 Å². The average Bonchev–Trinajstić information content (AvgIpc) is 2.58. The fourth-order valence-electron chi connectivity index (χ4n) is 2.13. The van der Waals surface area contributed by atoms with Crippen LogP contribution in [-0.4, -0.2) is 18.5 Å². The minimum absolute atomic E-state index is 0.0878. The topological polar surface area (TPSA) is 70.2 Å². The third-order valence-electron chi connectivity index (χ3n) is 3.36. The molecule has 5 nitrogen and oxygen atoms in total. The van der Waals surface area contributed by atoms with E-state index < -0.39 is 53.5 Å². The molecule has 0 radical (unpaired) electrons. The van der Waals surface area contributed by atoms with Gasteiger partial charge in [0.2, 0.25) is 5.91 Å². The van der Waals surface area contributed by atoms with Crippen molar-refractivity contribution in [2.24, 2.45) is 0 Å². The lowest BCUT2D eigenvalue weighted by molar-refractivity contribution is -0.143. The Morgan fingerprint density at radius 3 is 1.90 bits per heavy atom. The molecule has 0 aromatic heterocycles. The van der Waals surface area contributed by atoms with Crippen LogP contribution < -0.4 is 16.0 Å². The van der Waals surface area contributed by atoms with Crippen LogP contribution in [0.4, 0.5) is 46.9 Å². The molecule has 0 heterocycles. The Morgan fingerprint density at radius 1 is 0.793 bits per heavy atom. The number of carbonyl (C=O) groups is 2. The molecule has 3 N–H and O–H groups in total. The smallest absolute Gasteiger partial charge is 0.329 e. The summed E-state index contributed by atoms with van der Waals surface area (Å²) >= 11 is 0. The summed E-state index contributed by atoms with van der Waals surface area (Å²) in [7, 11) is 0. The highest BCUT2D eigenvalue weighted by molar-refractivity contribution is 5.97. The maximum Gasteiger partial charge on any atom is 0.416 e. The Bertz CT molecular complexity index is 878. The van der Waals surface area contributed by atoms with Gasteiger partial charge in [0.1, 0.15) is 5.82 Å². The number of alkyl halides is 6. The fourth-order valence-corrected chi connectivity index (χ4v) is 2.13. The molecule has 0 aliphatic heterocycles. The number of nitrogens with one attached hydrogen (secondary N) is 3. The van der Waals surface area contributed by atoms with Crippen molar-refractivity contribution in [3.8, 4) is 0 Å². The molecule has 0 saturated carbocycles. The molecule has 2 aromatic carbocycles. The van der Waals surface area contributed by atoms with Crippen molar-refractivity contribution in [1.29, 1.82) is 0 Å². The summed E-state index contributed by atoms with van der Waals surface area (Å²) < 4.78 is 89.7. The fraction of sp³-hybridized carbons (Fsp3) is 0.176. The maximum atomic E-state index is 13.0. The van der Waals surface area contributed by atoms with Crippen molar-refractivity contribution in [1.82, 2.24) is 5.32 Å². The molecule has 12 heteroatoms. The van der Waals surface area contributed by atoms with Crippen molar-refractivity contribution < 1.29 is 40.3 Å². The number of carbonyl (C=O) groups excluding carboxylic acids is 2. The van der Waals surface area contributed by atoms with Gasteiger partial charge in [-0.1, -0.05) is 6.07 Å². The first kappa shape index (κ1) is 22.0. The van der Waals surface area contributed by atoms with Gasteiger partial charge in [-0.15, -0.1) is 0 Å². The number of urea groups is 1. The Kier molecular flexibility index (Phi) is 6.34. The Morgan fingerprint density at radius 2 is 1.38 bits per heavy atom. The normalized spacial score (nSPS) is 11.7. The van der Waals surface area contributed by atoms with Crippen molar-refractivity contribution in [2.75, 3.05) is 17.2 Å². The van der Waals surface area contributed by atoms with E-state index in [4.69, 9.17) is 0 Å². The third-order valence-corrected chi connectivity index (χ3v) is 3.36. The predicted octanol–water partition coefficient (Wildman–Crippen LogP) is 4.62. The molecule has 0 bridgehead atoms. The van der Waals surface area contributed by atoms with E-state index in [0.29, 0.717) is 12.1 Å². The van der Waals surface area contributed by atoms with Crippen LogP contribution in [0.1, 0.15) is 11.1 Å². The minimum atomic E-state index is -5.07. The van der Waals surface area contributed by atoms with Crippen LogP contribution in [0.2, 0.25) is 0 Å². The standard InChI is InChI=1S/C17H12F7N3O2/c18-11-2-1-3-12(7-11)26-14(28)8-25-15(29)27-13-5-9(16(19,20)21)4-10(6-13)17(22,23)24/h1-7H,8H2,(H,26,28)(H2,25,27,29). The highest BCUT2D eigenvalue weighted by atomic mass is 19.4. The number of benzene rings is 2. The number of hydrogen-bond acceptors (Lipinski definition) is 2. The van der Waals surface area contributed by atoms with E-state index in [2.05, 4.69) is 5.32 Å². The molecule has 29 heavy (non-hydrogen) atoms. The van der Waals surface area contributed by atoms with Crippen molar-refractivity contribution in [3.05, 3.63) is 59.4 Å². The second-order valence-electron chi connectivity index (χ2n) is 5.66. The highest BCUT2D eigenvalue weighted by Crippen LogP contribution is 2.37. The van der Waals surface area contributed by atoms with Gasteiger partial charge in [-0.05, 0) is 36.4 Å². The maximum absolute atomic E-state index is 13.0. The first-order valence-corrected chi connectivity index (χ1v) is 7.74. The SMILES string of the molecule is O=C(CNC(=O)Nc1cc(C(F)(F)F)cc(C(F)(F)F)c1)Nc1cccc(F)c1. The number of amides is 3. The quantitative estimate of drug-likeness (QED) is 0.628. The first-order valence-electron chi connectivity index (χ1n) is 7.74. The summed E-state index contributed by atoms with van der Waals surface area (Å²) in [6.07, 6.45) is -10.1. The van der Waals surface area contributed by atoms with Gasteiger partial charge in [0.25, 0.3) is 0 Å². The lowest BCUT2D eigenvalue weighted by atomic mass is 10.1. The van der Waals surface area contributed by atoms with Crippen LogP contribution in [0.15, 0.2) is 42.5 Å². The zero-order valence-electron chi connectivity index (χ0n) is 14.2. The summed E-state index contributed by atoms with van der Waals surface area (Å²) in [4.78, 5) is 23.4. The Hall–Kier alpha value is -3.31. The van der Waals surface area contributed by atoms with Gasteiger partial charge < -0.3 is 16.0 Å². The number of halogens is 7. The molecule has 3 amide bonds. The van der Waals surface area contributed by atoms with E-state index in [1.165, 1.54) is 12.1 Å². The van der Waals surface area contributed by atoms with Gasteiger partial charge in [0.05, 0.1) is 17.7 Å². The number of anilines is 2. The van der Waals surface area contributed by atoms with E-state index in [-0.39, 0.29) is 11.8 Å². The third kappa shape index (κ3) is 6.66. The van der Waals surface area contributed by atoms with Gasteiger partial charge >= 0.3 is 18.4 Å². The molecule has 0 saturated heterocycles. The van der Waals surface area contributed by atoms with Gasteiger partial charge in [0.15, 0.2) is 0 Å². The molecule has 2 aromatic rings. The first-order chi connectivity index (χ1) is 13.3. The lowest BCUT2D eigenvalue weighted by Crippen LogP contribution is -2.35. The van der Waals surface area contributed by atoms with Gasteiger partial charge in [-0.2, -0.15) is 26.3 Å². The van der Waals surface area contributed by atoms with Crippen LogP contribution in [0.3, 0.4) is 0 Å². The van der Waals surface area contributed by atoms with E-state index in [0.717, 1.165) is 12.1 Å². The van der Waals surface area contributed by atoms with Crippen LogP contribution in [0.5, 0.6) is 0 Å². The van der Waals surface area contributed by atoms with Crippen LogP contribution in [0, 0.1) is 5.82 Å². The van der Waals surface area contributed by atoms with Crippen molar-refractivity contribution in [2.45, 2.75) is 12.4 Å². The molecule has 0 aliphatic carbocycles. The average molecular weight is 423 g/mol. The van der Waals surface area contributed by atoms with Crippen LogP contribution in [0.25, 0.3) is 0 Å². The molecule has 156 valence electrons. The summed E-state index contributed by atoms with van der Waals surface area (Å²) in [6, 6.07) is 4.15. The summed E-state index contributed by atoms with van der Waals surface area (Å²) in [5, 5.41) is 6.01. The van der Waals surface area contributed by atoms with Crippen LogP contribution in [-0.2, 0) is 17.1 Å². The van der Waals surface area contributed by atoms with E-state index >= 15 is 0 Å². The van der Waals surface area contributed by atoms with Gasteiger partial charge in [-0.25, -0.2) is 9.18 Å². The molecule has 0 aliphatic rings. The Labute approximate surface area is 158 Å². The zero-order valence-corrected chi connectivity index (χ0v) is 14.2. The molecular weight excluding hydrogens is 411 g/mol. The second kappa shape index (κ2) is 8.37. The second-order valence-corrected chi connectivity index (χ2v) is 5.66. The summed E-state index contributed by atoms with van der Waals surface area (Å²) in [6.45, 7) is -0.673. The summed E-state index contributed by atoms with van der Waals surface area (Å²) in [5.74, 6) is -1.43. The molecule has 0 fully saturated rings. The predicted molar refractivity (Wildman–Crippen MR) is 88.5 cm³/mol. The minimum Gasteiger partial charge on any atom is -0.329 e. The monoisotopic (exact) mass is 423 g/mol. The number of rotatable bonds is 4. The van der Waals surface area contributed by atoms with Crippen molar-refractivity contribution >= 4 is 23.3 Å². The van der Waals surface area contributed by atoms with Crippen molar-refractivity contribution in [3.63, 3.8) is 0 Å². The van der Waals surface area contributed by atoms with E-state index in [1.807, 2.05) is 5.32 Å². The zero-order chi connectivity index (χ0) is 21.8. The van der Waals surface area contributed by atoms with Gasteiger partial charge in [0, 0.05) is 11.4 Å². The lowest BCUT2D eigenvalue weighted by Gasteiger charge is -2.15. The summed E-state index contributed by atoms with van der Waals surface area (Å²) in [5.41, 5.74) is -3.89. The molecule has 0 atom stereocenters. The molecule has 0 unspecified atom stereocenters. The van der Waals surface area contributed by atoms with Crippen LogP contribution >= 0.6 is 0 Å². The highest BCUT2D eigenvalue weighted by Gasteiger charge is 2.37. The Balaban J connectivity index is 2.03. The van der Waals surface area contributed by atoms with E-state index in [1.54, 1.807) is 5.32 Å². The molecule has 2 rings (SSSR count). The number of hydrogen-bond donors (Lipinski definition) is 3. The largest absolute Gasteiger partial charge is 0.416 e. The molecular formula is C17H12F7N3O2. The molecule has 0 spiro atoms. The van der Waals surface area contributed by atoms with E-state index in [9.17, 15) is 40.3 Å².